The van der Waals surface area contributed by atoms with Crippen molar-refractivity contribution >= 4 is 40.0 Å². The van der Waals surface area contributed by atoms with Gasteiger partial charge in [0, 0.05) is 49.0 Å². The first-order valence-corrected chi connectivity index (χ1v) is 15.1. The lowest BCUT2D eigenvalue weighted by Gasteiger charge is -2.25. The Morgan fingerprint density at radius 3 is 2.55 bits per heavy atom. The molecule has 0 saturated carbocycles. The van der Waals surface area contributed by atoms with Crippen molar-refractivity contribution in [2.24, 2.45) is 4.99 Å². The van der Waals surface area contributed by atoms with Crippen molar-refractivity contribution in [2.45, 2.75) is 26.4 Å². The number of rotatable bonds is 7. The molecule has 1 aliphatic heterocycles. The van der Waals surface area contributed by atoms with Gasteiger partial charge in [-0.05, 0) is 55.3 Å². The van der Waals surface area contributed by atoms with E-state index in [1.807, 2.05) is 104 Å². The molecule has 1 atom stereocenters. The number of allylic oxidation sites excluding steroid dienone is 1. The number of para-hydroxylation sites is 1. The number of anilines is 1. The second kappa shape index (κ2) is 11.8. The summed E-state index contributed by atoms with van der Waals surface area (Å²) in [5.74, 6) is -0.481. The molecule has 6 rings (SSSR count). The number of carbonyl (C=O) groups is 1. The summed E-state index contributed by atoms with van der Waals surface area (Å²) < 4.78 is 9.66. The van der Waals surface area contributed by atoms with Gasteiger partial charge in [0.2, 0.25) is 0 Å². The van der Waals surface area contributed by atoms with Crippen molar-refractivity contribution in [2.75, 3.05) is 25.6 Å². The van der Waals surface area contributed by atoms with E-state index < -0.39 is 12.0 Å². The van der Waals surface area contributed by atoms with Crippen molar-refractivity contribution in [3.63, 3.8) is 0 Å². The molecule has 220 valence electrons. The fourth-order valence-corrected chi connectivity index (χ4v) is 6.71. The highest BCUT2D eigenvalue weighted by Gasteiger charge is 2.33. The summed E-state index contributed by atoms with van der Waals surface area (Å²) in [7, 11) is 3.93. The smallest absolute Gasteiger partial charge is 0.338 e. The summed E-state index contributed by atoms with van der Waals surface area (Å²) >= 11 is 1.30. The normalized spacial score (nSPS) is 14.7. The van der Waals surface area contributed by atoms with Gasteiger partial charge in [0.05, 0.1) is 40.1 Å². The number of fused-ring (bicyclic) bond motifs is 2. The fraction of sp³-hybridized carbons (Fsp3) is 0.200. The standard InChI is InChI=1S/C35H31N5O3S/c1-5-43-34(42)31-22(2)37-35-40(32(31)23-14-16-27(17-15-23)38(3)4)33(41)30(44-35)18-26-21-39(29-13-9-8-12-28(26)29)20-25-11-7-6-10-24(25)19-36/h6-18,21,32H,5,20H2,1-4H3/b30-18+/t32-/m1/s1. The third-order valence-electron chi connectivity index (χ3n) is 7.83. The Morgan fingerprint density at radius 2 is 1.82 bits per heavy atom. The number of hydrogen-bond acceptors (Lipinski definition) is 7. The zero-order valence-electron chi connectivity index (χ0n) is 24.9. The fourth-order valence-electron chi connectivity index (χ4n) is 5.67. The van der Waals surface area contributed by atoms with Gasteiger partial charge in [0.25, 0.3) is 5.56 Å². The summed E-state index contributed by atoms with van der Waals surface area (Å²) in [5, 5.41) is 10.6. The Labute approximate surface area is 258 Å². The van der Waals surface area contributed by atoms with Crippen LogP contribution in [0.25, 0.3) is 17.0 Å². The highest BCUT2D eigenvalue weighted by atomic mass is 32.1. The van der Waals surface area contributed by atoms with Crippen LogP contribution in [0.3, 0.4) is 0 Å². The van der Waals surface area contributed by atoms with Crippen molar-refractivity contribution in [3.8, 4) is 6.07 Å². The molecule has 0 saturated heterocycles. The van der Waals surface area contributed by atoms with Crippen LogP contribution in [0, 0.1) is 11.3 Å². The van der Waals surface area contributed by atoms with Crippen molar-refractivity contribution in [1.82, 2.24) is 9.13 Å². The van der Waals surface area contributed by atoms with Crippen LogP contribution >= 0.6 is 11.3 Å². The van der Waals surface area contributed by atoms with Gasteiger partial charge >= 0.3 is 5.97 Å². The highest BCUT2D eigenvalue weighted by molar-refractivity contribution is 7.07. The average Bonchev–Trinajstić information content (AvgIpc) is 3.52. The molecule has 3 aromatic carbocycles. The number of thiazole rings is 1. The zero-order valence-corrected chi connectivity index (χ0v) is 25.8. The molecule has 44 heavy (non-hydrogen) atoms. The van der Waals surface area contributed by atoms with Gasteiger partial charge in [0.15, 0.2) is 4.80 Å². The van der Waals surface area contributed by atoms with E-state index in [0.29, 0.717) is 32.7 Å². The molecule has 2 aromatic heterocycles. The number of esters is 1. The molecule has 8 nitrogen and oxygen atoms in total. The van der Waals surface area contributed by atoms with Gasteiger partial charge in [-0.25, -0.2) is 9.79 Å². The second-order valence-corrected chi connectivity index (χ2v) is 11.8. The van der Waals surface area contributed by atoms with Crippen LogP contribution in [0.15, 0.2) is 100 Å². The van der Waals surface area contributed by atoms with E-state index in [-0.39, 0.29) is 12.2 Å². The maximum atomic E-state index is 14.2. The Balaban J connectivity index is 1.51. The first-order chi connectivity index (χ1) is 21.3. The first-order valence-electron chi connectivity index (χ1n) is 14.3. The van der Waals surface area contributed by atoms with Crippen molar-refractivity contribution < 1.29 is 9.53 Å². The van der Waals surface area contributed by atoms with Gasteiger partial charge < -0.3 is 14.2 Å². The third-order valence-corrected chi connectivity index (χ3v) is 8.81. The average molecular weight is 602 g/mol. The van der Waals surface area contributed by atoms with Gasteiger partial charge in [-0.15, -0.1) is 0 Å². The van der Waals surface area contributed by atoms with Crippen molar-refractivity contribution in [3.05, 3.63) is 132 Å². The van der Waals surface area contributed by atoms with Gasteiger partial charge in [0.1, 0.15) is 0 Å². The predicted molar refractivity (Wildman–Crippen MR) is 173 cm³/mol. The number of nitriles is 1. The number of carbonyl (C=O) groups excluding carboxylic acids is 1. The van der Waals surface area contributed by atoms with E-state index >= 15 is 0 Å². The number of benzene rings is 3. The zero-order chi connectivity index (χ0) is 31.0. The summed E-state index contributed by atoms with van der Waals surface area (Å²) in [6, 6.07) is 25.0. The minimum atomic E-state index is -0.674. The van der Waals surface area contributed by atoms with Gasteiger partial charge in [-0.1, -0.05) is 59.9 Å². The Kier molecular flexibility index (Phi) is 7.77. The molecule has 1 aliphatic rings. The molecule has 0 fully saturated rings. The molecule has 0 unspecified atom stereocenters. The number of hydrogen-bond donors (Lipinski definition) is 0. The molecule has 0 bridgehead atoms. The Hall–Kier alpha value is -5.20. The maximum Gasteiger partial charge on any atom is 0.338 e. The number of aromatic nitrogens is 2. The number of nitrogens with zero attached hydrogens (tertiary/aromatic N) is 5. The topological polar surface area (TPSA) is 92.6 Å². The van der Waals surface area contributed by atoms with Crippen LogP contribution in [0.4, 0.5) is 5.69 Å². The molecule has 0 aliphatic carbocycles. The molecule has 3 heterocycles. The molecule has 0 spiro atoms. The number of ether oxygens (including phenoxy) is 1. The van der Waals surface area contributed by atoms with Crippen molar-refractivity contribution in [1.29, 1.82) is 5.26 Å². The maximum absolute atomic E-state index is 14.2. The van der Waals surface area contributed by atoms with Crippen LogP contribution in [-0.2, 0) is 16.1 Å². The molecule has 0 radical (unpaired) electrons. The lowest BCUT2D eigenvalue weighted by molar-refractivity contribution is -0.139. The largest absolute Gasteiger partial charge is 0.463 e. The summed E-state index contributed by atoms with van der Waals surface area (Å²) in [5.41, 5.74) is 5.91. The van der Waals surface area contributed by atoms with E-state index in [0.717, 1.165) is 33.3 Å². The van der Waals surface area contributed by atoms with Crippen LogP contribution < -0.4 is 19.8 Å². The van der Waals surface area contributed by atoms with E-state index in [9.17, 15) is 14.9 Å². The predicted octanol–water partition coefficient (Wildman–Crippen LogP) is 4.74. The first kappa shape index (κ1) is 28.9. The molecule has 0 amide bonds. The van der Waals surface area contributed by atoms with Gasteiger partial charge in [-0.2, -0.15) is 5.26 Å². The lowest BCUT2D eigenvalue weighted by atomic mass is 9.95. The lowest BCUT2D eigenvalue weighted by Crippen LogP contribution is -2.39. The van der Waals surface area contributed by atoms with Crippen LogP contribution in [-0.4, -0.2) is 35.8 Å². The highest BCUT2D eigenvalue weighted by Crippen LogP contribution is 2.32. The minimum absolute atomic E-state index is 0.217. The van der Waals surface area contributed by atoms with E-state index in [4.69, 9.17) is 9.73 Å². The summed E-state index contributed by atoms with van der Waals surface area (Å²) in [6.07, 6.45) is 3.91. The summed E-state index contributed by atoms with van der Waals surface area (Å²) in [4.78, 5) is 34.7. The Morgan fingerprint density at radius 1 is 1.09 bits per heavy atom. The SMILES string of the molecule is CCOC(=O)C1=C(C)N=c2s/c(=C/c3cn(Cc4ccccc4C#N)c4ccccc34)c(=O)n2[C@@H]1c1ccc(N(C)C)cc1. The molecule has 5 aromatic rings. The van der Waals surface area contributed by atoms with Crippen LogP contribution in [0.1, 0.15) is 42.1 Å². The van der Waals surface area contributed by atoms with Crippen LogP contribution in [0.5, 0.6) is 0 Å². The van der Waals surface area contributed by atoms with E-state index in [2.05, 4.69) is 10.6 Å². The molecular weight excluding hydrogens is 570 g/mol. The minimum Gasteiger partial charge on any atom is -0.463 e. The Bertz CT molecular complexity index is 2160. The molecular formula is C35H31N5O3S. The third kappa shape index (κ3) is 5.14. The van der Waals surface area contributed by atoms with E-state index in [1.165, 1.54) is 11.3 Å². The van der Waals surface area contributed by atoms with Crippen LogP contribution in [0.2, 0.25) is 0 Å². The molecule has 0 N–H and O–H groups in total. The monoisotopic (exact) mass is 601 g/mol. The van der Waals surface area contributed by atoms with E-state index in [1.54, 1.807) is 18.4 Å². The van der Waals surface area contributed by atoms with Gasteiger partial charge in [-0.3, -0.25) is 9.36 Å². The summed E-state index contributed by atoms with van der Waals surface area (Å²) in [6.45, 7) is 4.29. The molecule has 9 heteroatoms. The quantitative estimate of drug-likeness (QED) is 0.252. The second-order valence-electron chi connectivity index (χ2n) is 10.8.